The number of piperidine rings is 1. The Morgan fingerprint density at radius 1 is 1.43 bits per heavy atom. The van der Waals surface area contributed by atoms with Gasteiger partial charge in [0.05, 0.1) is 16.5 Å². The maximum absolute atomic E-state index is 12.4. The van der Waals surface area contributed by atoms with Crippen LogP contribution in [0.3, 0.4) is 0 Å². The molecule has 0 aromatic heterocycles. The molecule has 1 aromatic carbocycles. The van der Waals surface area contributed by atoms with Crippen molar-refractivity contribution in [1.29, 1.82) is 5.26 Å². The van der Waals surface area contributed by atoms with Gasteiger partial charge in [-0.2, -0.15) is 5.26 Å². The fourth-order valence-electron chi connectivity index (χ4n) is 2.64. The van der Waals surface area contributed by atoms with E-state index in [9.17, 15) is 8.42 Å². The number of sulfonamides is 1. The Balaban J connectivity index is 2.13. The summed E-state index contributed by atoms with van der Waals surface area (Å²) in [7, 11) is -1.55. The van der Waals surface area contributed by atoms with E-state index >= 15 is 0 Å². The molecule has 1 aromatic rings. The first-order valence-corrected chi connectivity index (χ1v) is 8.63. The molecular formula is C15H21N3O2S. The topological polar surface area (TPSA) is 73.2 Å². The molecule has 6 heteroatoms. The van der Waals surface area contributed by atoms with Crippen molar-refractivity contribution < 1.29 is 8.42 Å². The summed E-state index contributed by atoms with van der Waals surface area (Å²) in [6.45, 7) is 3.16. The van der Waals surface area contributed by atoms with E-state index < -0.39 is 10.0 Å². The monoisotopic (exact) mass is 307 g/mol. The van der Waals surface area contributed by atoms with Gasteiger partial charge < -0.3 is 4.90 Å². The Morgan fingerprint density at radius 3 is 2.86 bits per heavy atom. The second-order valence-electron chi connectivity index (χ2n) is 5.57. The van der Waals surface area contributed by atoms with Crippen LogP contribution < -0.4 is 4.72 Å². The average Bonchev–Trinajstić information content (AvgIpc) is 2.47. The number of nitriles is 1. The molecule has 5 nitrogen and oxygen atoms in total. The van der Waals surface area contributed by atoms with Gasteiger partial charge in [0.25, 0.3) is 0 Å². The third-order valence-corrected chi connectivity index (χ3v) is 5.60. The summed E-state index contributed by atoms with van der Waals surface area (Å²) in [6.07, 6.45) is 3.32. The molecule has 1 N–H and O–H groups in total. The lowest BCUT2D eigenvalue weighted by atomic mass is 10.0. The number of nitrogens with one attached hydrogen (secondary N) is 1. The largest absolute Gasteiger partial charge is 0.302 e. The average molecular weight is 307 g/mol. The summed E-state index contributed by atoms with van der Waals surface area (Å²) in [6, 6.07) is 6.95. The van der Waals surface area contributed by atoms with Crippen LogP contribution in [0.25, 0.3) is 0 Å². The molecule has 0 radical (unpaired) electrons. The van der Waals surface area contributed by atoms with Crippen molar-refractivity contribution in [2.75, 3.05) is 20.1 Å². The van der Waals surface area contributed by atoms with E-state index in [2.05, 4.69) is 9.62 Å². The molecule has 0 spiro atoms. The number of nitrogens with zero attached hydrogens (tertiary/aromatic N) is 2. The first-order valence-electron chi connectivity index (χ1n) is 7.14. The quantitative estimate of drug-likeness (QED) is 0.917. The number of likely N-dealkylation sites (tertiary alicyclic amines) is 1. The van der Waals surface area contributed by atoms with Crippen LogP contribution in [0.4, 0.5) is 0 Å². The van der Waals surface area contributed by atoms with Crippen LogP contribution in [0.5, 0.6) is 0 Å². The molecule has 1 saturated heterocycles. The highest BCUT2D eigenvalue weighted by molar-refractivity contribution is 7.89. The van der Waals surface area contributed by atoms with E-state index in [0.717, 1.165) is 19.4 Å². The van der Waals surface area contributed by atoms with Crippen molar-refractivity contribution in [3.63, 3.8) is 0 Å². The Bertz CT molecular complexity index is 649. The molecule has 1 heterocycles. The van der Waals surface area contributed by atoms with Gasteiger partial charge in [-0.15, -0.1) is 0 Å². The third-order valence-electron chi connectivity index (χ3n) is 4.04. The van der Waals surface area contributed by atoms with Crippen LogP contribution in [-0.2, 0) is 10.0 Å². The van der Waals surface area contributed by atoms with Crippen LogP contribution >= 0.6 is 0 Å². The normalized spacial score (nSPS) is 20.1. The van der Waals surface area contributed by atoms with Gasteiger partial charge in [-0.1, -0.05) is 12.5 Å². The molecule has 0 saturated carbocycles. The smallest absolute Gasteiger partial charge is 0.240 e. The molecular weight excluding hydrogens is 286 g/mol. The van der Waals surface area contributed by atoms with Crippen LogP contribution in [-0.4, -0.2) is 39.5 Å². The van der Waals surface area contributed by atoms with Crippen molar-refractivity contribution in [2.24, 2.45) is 0 Å². The SMILES string of the molecule is Cc1ccc(C#N)cc1S(=O)(=O)NCC1CCCCN1C. The zero-order chi connectivity index (χ0) is 15.5. The van der Waals surface area contributed by atoms with Crippen LogP contribution in [0.1, 0.15) is 30.4 Å². The molecule has 0 aliphatic carbocycles. The minimum atomic E-state index is -3.57. The lowest BCUT2D eigenvalue weighted by molar-refractivity contribution is 0.187. The molecule has 1 unspecified atom stereocenters. The number of hydrogen-bond acceptors (Lipinski definition) is 4. The number of likely N-dealkylation sites (N-methyl/N-ethyl adjacent to an activating group) is 1. The summed E-state index contributed by atoms with van der Waals surface area (Å²) in [5.41, 5.74) is 1.01. The summed E-state index contributed by atoms with van der Waals surface area (Å²) >= 11 is 0. The second-order valence-corrected chi connectivity index (χ2v) is 7.31. The summed E-state index contributed by atoms with van der Waals surface area (Å²) in [5.74, 6) is 0. The number of hydrogen-bond donors (Lipinski definition) is 1. The van der Waals surface area contributed by atoms with Gasteiger partial charge in [0.2, 0.25) is 10.0 Å². The summed E-state index contributed by atoms with van der Waals surface area (Å²) in [5, 5.41) is 8.92. The minimum Gasteiger partial charge on any atom is -0.302 e. The van der Waals surface area contributed by atoms with E-state index in [1.54, 1.807) is 19.1 Å². The maximum Gasteiger partial charge on any atom is 0.240 e. The Kier molecular flexibility index (Phi) is 4.99. The van der Waals surface area contributed by atoms with Gasteiger partial charge in [-0.05, 0) is 51.1 Å². The summed E-state index contributed by atoms with van der Waals surface area (Å²) in [4.78, 5) is 2.39. The first-order chi connectivity index (χ1) is 9.94. The second kappa shape index (κ2) is 6.56. The molecule has 21 heavy (non-hydrogen) atoms. The molecule has 1 atom stereocenters. The van der Waals surface area contributed by atoms with Gasteiger partial charge >= 0.3 is 0 Å². The van der Waals surface area contributed by atoms with Crippen LogP contribution in [0, 0.1) is 18.3 Å². The van der Waals surface area contributed by atoms with Crippen molar-refractivity contribution in [1.82, 2.24) is 9.62 Å². The van der Waals surface area contributed by atoms with E-state index in [4.69, 9.17) is 5.26 Å². The van der Waals surface area contributed by atoms with Gasteiger partial charge in [0.15, 0.2) is 0 Å². The number of benzene rings is 1. The van der Waals surface area contributed by atoms with Crippen LogP contribution in [0.2, 0.25) is 0 Å². The van der Waals surface area contributed by atoms with Crippen LogP contribution in [0.15, 0.2) is 23.1 Å². The van der Waals surface area contributed by atoms with Gasteiger partial charge in [0.1, 0.15) is 0 Å². The van der Waals surface area contributed by atoms with Crippen molar-refractivity contribution in [2.45, 2.75) is 37.1 Å². The van der Waals surface area contributed by atoms with E-state index in [-0.39, 0.29) is 10.9 Å². The fourth-order valence-corrected chi connectivity index (χ4v) is 3.99. The lowest BCUT2D eigenvalue weighted by Gasteiger charge is -2.32. The fraction of sp³-hybridized carbons (Fsp3) is 0.533. The van der Waals surface area contributed by atoms with Gasteiger partial charge in [0, 0.05) is 12.6 Å². The molecule has 0 bridgehead atoms. The van der Waals surface area contributed by atoms with Crippen molar-refractivity contribution in [3.8, 4) is 6.07 Å². The van der Waals surface area contributed by atoms with E-state index in [0.29, 0.717) is 17.7 Å². The highest BCUT2D eigenvalue weighted by Crippen LogP contribution is 2.18. The summed E-state index contributed by atoms with van der Waals surface area (Å²) < 4.78 is 27.6. The zero-order valence-corrected chi connectivity index (χ0v) is 13.3. The van der Waals surface area contributed by atoms with Gasteiger partial charge in [-0.3, -0.25) is 0 Å². The highest BCUT2D eigenvalue weighted by Gasteiger charge is 2.23. The van der Waals surface area contributed by atoms with Crippen molar-refractivity contribution in [3.05, 3.63) is 29.3 Å². The Labute approximate surface area is 126 Å². The maximum atomic E-state index is 12.4. The molecule has 0 amide bonds. The first kappa shape index (κ1) is 16.0. The predicted octanol–water partition coefficient (Wildman–Crippen LogP) is 1.63. The van der Waals surface area contributed by atoms with Gasteiger partial charge in [-0.25, -0.2) is 13.1 Å². The minimum absolute atomic E-state index is 0.194. The molecule has 114 valence electrons. The Morgan fingerprint density at radius 2 is 2.19 bits per heavy atom. The molecule has 1 aliphatic rings. The Hall–Kier alpha value is -1.42. The number of aryl methyl sites for hydroxylation is 1. The molecule has 2 rings (SSSR count). The van der Waals surface area contributed by atoms with E-state index in [1.807, 2.05) is 13.1 Å². The van der Waals surface area contributed by atoms with E-state index in [1.165, 1.54) is 12.5 Å². The zero-order valence-electron chi connectivity index (χ0n) is 12.5. The standard InChI is InChI=1S/C15H21N3O2S/c1-12-6-7-13(10-16)9-15(12)21(19,20)17-11-14-5-3-4-8-18(14)2/h6-7,9,14,17H,3-5,8,11H2,1-2H3. The molecule has 1 fully saturated rings. The van der Waals surface area contributed by atoms with Crippen molar-refractivity contribution >= 4 is 10.0 Å². The lowest BCUT2D eigenvalue weighted by Crippen LogP contribution is -2.44. The third kappa shape index (κ3) is 3.82. The number of rotatable bonds is 4. The predicted molar refractivity (Wildman–Crippen MR) is 81.4 cm³/mol. The highest BCUT2D eigenvalue weighted by atomic mass is 32.2. The molecule has 1 aliphatic heterocycles.